The highest BCUT2D eigenvalue weighted by Gasteiger charge is 2.30. The molecule has 2 N–H and O–H groups in total. The maximum absolute atomic E-state index is 12.6. The number of alkyl halides is 3. The van der Waals surface area contributed by atoms with Gasteiger partial charge in [0.1, 0.15) is 5.75 Å². The SMILES string of the molecule is Cc1cc(O)c(-c2cccc(C(F)(F)F)c2)c(=O)[nH]1. The fourth-order valence-corrected chi connectivity index (χ4v) is 1.80. The lowest BCUT2D eigenvalue weighted by molar-refractivity contribution is -0.137. The smallest absolute Gasteiger partial charge is 0.416 e. The summed E-state index contributed by atoms with van der Waals surface area (Å²) in [7, 11) is 0. The van der Waals surface area contributed by atoms with Gasteiger partial charge in [0.15, 0.2) is 0 Å². The Morgan fingerprint density at radius 2 is 1.89 bits per heavy atom. The van der Waals surface area contributed by atoms with Gasteiger partial charge in [0.2, 0.25) is 0 Å². The first-order valence-corrected chi connectivity index (χ1v) is 5.39. The molecule has 2 rings (SSSR count). The normalized spacial score (nSPS) is 11.6. The van der Waals surface area contributed by atoms with E-state index >= 15 is 0 Å². The number of pyridine rings is 1. The number of halogens is 3. The van der Waals surface area contributed by atoms with E-state index in [1.807, 2.05) is 0 Å². The summed E-state index contributed by atoms with van der Waals surface area (Å²) in [6.07, 6.45) is -4.50. The van der Waals surface area contributed by atoms with Gasteiger partial charge in [0.25, 0.3) is 5.56 Å². The van der Waals surface area contributed by atoms with E-state index in [0.29, 0.717) is 5.69 Å². The van der Waals surface area contributed by atoms with Crippen LogP contribution >= 0.6 is 0 Å². The average Bonchev–Trinajstić information content (AvgIpc) is 2.26. The van der Waals surface area contributed by atoms with Crippen molar-refractivity contribution in [3.8, 4) is 16.9 Å². The predicted octanol–water partition coefficient (Wildman–Crippen LogP) is 3.07. The Morgan fingerprint density at radius 3 is 2.47 bits per heavy atom. The van der Waals surface area contributed by atoms with Gasteiger partial charge in [-0.1, -0.05) is 12.1 Å². The Kier molecular flexibility index (Phi) is 3.09. The highest BCUT2D eigenvalue weighted by Crippen LogP contribution is 2.33. The summed E-state index contributed by atoms with van der Waals surface area (Å²) >= 11 is 0. The van der Waals surface area contributed by atoms with Gasteiger partial charge in [-0.15, -0.1) is 0 Å². The van der Waals surface area contributed by atoms with E-state index < -0.39 is 17.3 Å². The van der Waals surface area contributed by atoms with E-state index in [-0.39, 0.29) is 16.9 Å². The summed E-state index contributed by atoms with van der Waals surface area (Å²) in [5.74, 6) is -0.347. The van der Waals surface area contributed by atoms with Gasteiger partial charge in [0.05, 0.1) is 11.1 Å². The van der Waals surface area contributed by atoms with Crippen LogP contribution in [0.4, 0.5) is 13.2 Å². The maximum Gasteiger partial charge on any atom is 0.416 e. The number of H-pyrrole nitrogens is 1. The van der Waals surface area contributed by atoms with Crippen molar-refractivity contribution in [2.45, 2.75) is 13.1 Å². The zero-order valence-corrected chi connectivity index (χ0v) is 9.88. The van der Waals surface area contributed by atoms with Crippen LogP contribution < -0.4 is 5.56 Å². The molecular weight excluding hydrogens is 259 g/mol. The van der Waals surface area contributed by atoms with Crippen molar-refractivity contribution < 1.29 is 18.3 Å². The Hall–Kier alpha value is -2.24. The molecule has 2 aromatic rings. The Morgan fingerprint density at radius 1 is 1.21 bits per heavy atom. The standard InChI is InChI=1S/C13H10F3NO2/c1-7-5-10(18)11(12(19)17-7)8-3-2-4-9(6-8)13(14,15)16/h2-6H,1H3,(H2,17,18,19). The molecule has 0 atom stereocenters. The molecular formula is C13H10F3NO2. The molecule has 0 aliphatic rings. The van der Waals surface area contributed by atoms with Crippen LogP contribution in [0.3, 0.4) is 0 Å². The number of nitrogens with one attached hydrogen (secondary N) is 1. The number of benzene rings is 1. The second-order valence-corrected chi connectivity index (χ2v) is 4.12. The van der Waals surface area contributed by atoms with Crippen LogP contribution in [0.5, 0.6) is 5.75 Å². The number of aromatic nitrogens is 1. The summed E-state index contributed by atoms with van der Waals surface area (Å²) in [6.45, 7) is 1.57. The highest BCUT2D eigenvalue weighted by atomic mass is 19.4. The maximum atomic E-state index is 12.6. The van der Waals surface area contributed by atoms with E-state index in [2.05, 4.69) is 4.98 Å². The molecule has 0 aliphatic heterocycles. The minimum absolute atomic E-state index is 0.0218. The molecule has 0 amide bonds. The van der Waals surface area contributed by atoms with Crippen LogP contribution in [0, 0.1) is 6.92 Å². The van der Waals surface area contributed by atoms with E-state index in [9.17, 15) is 23.1 Å². The third-order valence-electron chi connectivity index (χ3n) is 2.63. The van der Waals surface area contributed by atoms with Crippen molar-refractivity contribution in [3.63, 3.8) is 0 Å². The second kappa shape index (κ2) is 4.46. The third kappa shape index (κ3) is 2.62. The molecule has 100 valence electrons. The van der Waals surface area contributed by atoms with Crippen molar-refractivity contribution in [1.82, 2.24) is 4.98 Å². The van der Waals surface area contributed by atoms with E-state index in [0.717, 1.165) is 12.1 Å². The van der Waals surface area contributed by atoms with E-state index in [1.54, 1.807) is 6.92 Å². The Bertz CT molecular complexity index is 674. The fourth-order valence-electron chi connectivity index (χ4n) is 1.80. The van der Waals surface area contributed by atoms with Crippen LogP contribution in [-0.4, -0.2) is 10.1 Å². The monoisotopic (exact) mass is 269 g/mol. The first kappa shape index (κ1) is 13.2. The molecule has 0 radical (unpaired) electrons. The predicted molar refractivity (Wildman–Crippen MR) is 63.9 cm³/mol. The second-order valence-electron chi connectivity index (χ2n) is 4.12. The minimum atomic E-state index is -4.50. The first-order valence-electron chi connectivity index (χ1n) is 5.39. The van der Waals surface area contributed by atoms with Gasteiger partial charge in [-0.05, 0) is 30.7 Å². The molecule has 0 bridgehead atoms. The molecule has 19 heavy (non-hydrogen) atoms. The summed E-state index contributed by atoms with van der Waals surface area (Å²) in [4.78, 5) is 14.2. The molecule has 3 nitrogen and oxygen atoms in total. The van der Waals surface area contributed by atoms with Gasteiger partial charge < -0.3 is 10.1 Å². The lowest BCUT2D eigenvalue weighted by atomic mass is 10.0. The largest absolute Gasteiger partial charge is 0.507 e. The number of aromatic hydroxyl groups is 1. The molecule has 0 fully saturated rings. The lowest BCUT2D eigenvalue weighted by Crippen LogP contribution is -2.11. The van der Waals surface area contributed by atoms with Crippen molar-refractivity contribution in [3.05, 3.63) is 51.9 Å². The Balaban J connectivity index is 2.64. The molecule has 1 aromatic heterocycles. The van der Waals surface area contributed by atoms with Crippen LogP contribution in [-0.2, 0) is 6.18 Å². The zero-order chi connectivity index (χ0) is 14.2. The topological polar surface area (TPSA) is 53.1 Å². The fraction of sp³-hybridized carbons (Fsp3) is 0.154. The van der Waals surface area contributed by atoms with E-state index in [1.165, 1.54) is 18.2 Å². The molecule has 0 saturated heterocycles. The van der Waals surface area contributed by atoms with Crippen molar-refractivity contribution in [2.75, 3.05) is 0 Å². The molecule has 0 saturated carbocycles. The summed E-state index contributed by atoms with van der Waals surface area (Å²) in [5, 5.41) is 9.72. The van der Waals surface area contributed by atoms with E-state index in [4.69, 9.17) is 0 Å². The van der Waals surface area contributed by atoms with Gasteiger partial charge >= 0.3 is 6.18 Å². The van der Waals surface area contributed by atoms with Gasteiger partial charge in [-0.25, -0.2) is 0 Å². The Labute approximate surface area is 106 Å². The number of aromatic amines is 1. The lowest BCUT2D eigenvalue weighted by Gasteiger charge is -2.09. The number of rotatable bonds is 1. The van der Waals surface area contributed by atoms with Crippen molar-refractivity contribution >= 4 is 0 Å². The van der Waals surface area contributed by atoms with Crippen LogP contribution in [0.1, 0.15) is 11.3 Å². The van der Waals surface area contributed by atoms with Crippen LogP contribution in [0.15, 0.2) is 35.1 Å². The summed E-state index contributed by atoms with van der Waals surface area (Å²) < 4.78 is 37.8. The molecule has 0 aliphatic carbocycles. The quantitative estimate of drug-likeness (QED) is 0.835. The van der Waals surface area contributed by atoms with Crippen molar-refractivity contribution in [2.24, 2.45) is 0 Å². The number of aryl methyl sites for hydroxylation is 1. The summed E-state index contributed by atoms with van der Waals surface area (Å²) in [6, 6.07) is 5.56. The molecule has 0 unspecified atom stereocenters. The zero-order valence-electron chi connectivity index (χ0n) is 9.88. The molecule has 1 heterocycles. The van der Waals surface area contributed by atoms with Crippen LogP contribution in [0.2, 0.25) is 0 Å². The summed E-state index contributed by atoms with van der Waals surface area (Å²) in [5.41, 5.74) is -1.22. The van der Waals surface area contributed by atoms with Crippen LogP contribution in [0.25, 0.3) is 11.1 Å². The number of hydrogen-bond acceptors (Lipinski definition) is 2. The molecule has 0 spiro atoms. The molecule has 6 heteroatoms. The average molecular weight is 269 g/mol. The third-order valence-corrected chi connectivity index (χ3v) is 2.63. The van der Waals surface area contributed by atoms with Gasteiger partial charge in [0, 0.05) is 5.69 Å². The van der Waals surface area contributed by atoms with Gasteiger partial charge in [-0.2, -0.15) is 13.2 Å². The minimum Gasteiger partial charge on any atom is -0.507 e. The van der Waals surface area contributed by atoms with Crippen molar-refractivity contribution in [1.29, 1.82) is 0 Å². The molecule has 1 aromatic carbocycles. The van der Waals surface area contributed by atoms with Gasteiger partial charge in [-0.3, -0.25) is 4.79 Å². The highest BCUT2D eigenvalue weighted by molar-refractivity contribution is 5.69. The first-order chi connectivity index (χ1) is 8.79. The number of hydrogen-bond donors (Lipinski definition) is 2.